The normalized spacial score (nSPS) is 26.0. The van der Waals surface area contributed by atoms with Gasteiger partial charge in [0.15, 0.2) is 0 Å². The summed E-state index contributed by atoms with van der Waals surface area (Å²) in [4.78, 5) is 2.12. The first-order valence-corrected chi connectivity index (χ1v) is 7.52. The topological polar surface area (TPSA) is 29.3 Å². The molecule has 0 amide bonds. The highest BCUT2D eigenvalue weighted by atomic mass is 19.3. The Morgan fingerprint density at radius 2 is 1.90 bits per heavy atom. The molecule has 1 heterocycles. The number of rotatable bonds is 3. The van der Waals surface area contributed by atoms with Crippen LogP contribution in [0.15, 0.2) is 12.1 Å². The highest BCUT2D eigenvalue weighted by molar-refractivity contribution is 5.47. The highest BCUT2D eigenvalue weighted by Gasteiger charge is 2.57. The van der Waals surface area contributed by atoms with Gasteiger partial charge in [0.2, 0.25) is 0 Å². The van der Waals surface area contributed by atoms with E-state index in [1.54, 1.807) is 12.1 Å². The second kappa shape index (κ2) is 5.20. The van der Waals surface area contributed by atoms with E-state index in [2.05, 4.69) is 4.90 Å². The molecule has 1 aromatic rings. The molecule has 1 aromatic carbocycles. The van der Waals surface area contributed by atoms with Gasteiger partial charge in [-0.25, -0.2) is 13.2 Å². The van der Waals surface area contributed by atoms with E-state index in [-0.39, 0.29) is 17.9 Å². The van der Waals surface area contributed by atoms with Crippen LogP contribution >= 0.6 is 0 Å². The van der Waals surface area contributed by atoms with E-state index in [0.717, 1.165) is 37.1 Å². The van der Waals surface area contributed by atoms with Gasteiger partial charge in [-0.15, -0.1) is 0 Å². The average molecular weight is 298 g/mol. The van der Waals surface area contributed by atoms with Crippen molar-refractivity contribution in [1.29, 1.82) is 0 Å². The van der Waals surface area contributed by atoms with E-state index in [4.69, 9.17) is 5.73 Å². The lowest BCUT2D eigenvalue weighted by Crippen LogP contribution is -2.35. The average Bonchev–Trinajstić information content (AvgIpc) is 3.02. The number of benzene rings is 1. The molecule has 3 rings (SSSR count). The molecule has 1 aliphatic heterocycles. The van der Waals surface area contributed by atoms with Crippen LogP contribution < -0.4 is 5.73 Å². The van der Waals surface area contributed by atoms with E-state index in [0.29, 0.717) is 12.5 Å². The van der Waals surface area contributed by atoms with Gasteiger partial charge in [0, 0.05) is 18.9 Å². The molecule has 2 N–H and O–H groups in total. The quantitative estimate of drug-likeness (QED) is 0.865. The molecule has 1 saturated carbocycles. The maximum atomic E-state index is 13.6. The molecule has 1 atom stereocenters. The minimum Gasteiger partial charge on any atom is -0.396 e. The summed E-state index contributed by atoms with van der Waals surface area (Å²) in [6.45, 7) is 4.06. The lowest BCUT2D eigenvalue weighted by atomic mass is 9.86. The van der Waals surface area contributed by atoms with Crippen LogP contribution in [0.2, 0.25) is 0 Å². The van der Waals surface area contributed by atoms with Crippen molar-refractivity contribution in [2.45, 2.75) is 38.0 Å². The Morgan fingerprint density at radius 3 is 2.48 bits per heavy atom. The lowest BCUT2D eigenvalue weighted by Gasteiger charge is -2.33. The molecule has 0 spiro atoms. The third-order valence-corrected chi connectivity index (χ3v) is 4.85. The van der Waals surface area contributed by atoms with Crippen LogP contribution in [0.5, 0.6) is 0 Å². The predicted molar refractivity (Wildman–Crippen MR) is 77.0 cm³/mol. The van der Waals surface area contributed by atoms with E-state index in [9.17, 15) is 13.2 Å². The second-order valence-electron chi connectivity index (χ2n) is 6.47. The van der Waals surface area contributed by atoms with Gasteiger partial charge in [-0.2, -0.15) is 0 Å². The Hall–Kier alpha value is -1.23. The number of hydrogen-bond acceptors (Lipinski definition) is 2. The maximum Gasteiger partial charge on any atom is 0.252 e. The summed E-state index contributed by atoms with van der Waals surface area (Å²) in [6.07, 6.45) is 1.82. The number of halogens is 3. The molecule has 0 bridgehead atoms. The van der Waals surface area contributed by atoms with Crippen molar-refractivity contribution in [1.82, 2.24) is 4.90 Å². The molecule has 116 valence electrons. The third-order valence-electron chi connectivity index (χ3n) is 4.85. The number of aryl methyl sites for hydroxylation is 1. The van der Waals surface area contributed by atoms with Crippen molar-refractivity contribution in [2.24, 2.45) is 5.92 Å². The van der Waals surface area contributed by atoms with Crippen LogP contribution in [-0.2, 0) is 0 Å². The first-order valence-electron chi connectivity index (χ1n) is 7.52. The molecule has 2 aliphatic rings. The van der Waals surface area contributed by atoms with Crippen LogP contribution in [0, 0.1) is 18.7 Å². The minimum atomic E-state index is -2.44. The fraction of sp³-hybridized carbons (Fsp3) is 0.625. The van der Waals surface area contributed by atoms with Crippen molar-refractivity contribution >= 4 is 5.69 Å². The number of hydrogen-bond donors (Lipinski definition) is 1. The van der Waals surface area contributed by atoms with E-state index in [1.807, 2.05) is 6.92 Å². The van der Waals surface area contributed by atoms with Crippen LogP contribution in [0.4, 0.5) is 18.9 Å². The molecule has 1 saturated heterocycles. The summed E-state index contributed by atoms with van der Waals surface area (Å²) in [5.74, 6) is -2.95. The zero-order valence-corrected chi connectivity index (χ0v) is 12.2. The van der Waals surface area contributed by atoms with E-state index < -0.39 is 11.8 Å². The zero-order chi connectivity index (χ0) is 15.2. The fourth-order valence-electron chi connectivity index (χ4n) is 3.36. The Kier molecular flexibility index (Phi) is 3.64. The predicted octanol–water partition coefficient (Wildman–Crippen LogP) is 3.55. The Balaban J connectivity index is 1.60. The Bertz CT molecular complexity index is 537. The van der Waals surface area contributed by atoms with Gasteiger partial charge in [0.05, 0.1) is 5.69 Å². The zero-order valence-electron chi connectivity index (χ0n) is 12.2. The van der Waals surface area contributed by atoms with E-state index >= 15 is 0 Å². The largest absolute Gasteiger partial charge is 0.396 e. The van der Waals surface area contributed by atoms with Gasteiger partial charge in [0.25, 0.3) is 5.92 Å². The number of nitrogens with two attached hydrogens (primary N) is 1. The molecule has 2 fully saturated rings. The Morgan fingerprint density at radius 1 is 1.29 bits per heavy atom. The summed E-state index contributed by atoms with van der Waals surface area (Å²) < 4.78 is 39.5. The van der Waals surface area contributed by atoms with Crippen LogP contribution in [0.25, 0.3) is 0 Å². The number of nitrogen functional groups attached to an aromatic ring is 1. The third kappa shape index (κ3) is 3.03. The minimum absolute atomic E-state index is 0.0369. The number of piperidine rings is 1. The fourth-order valence-corrected chi connectivity index (χ4v) is 3.36. The number of nitrogens with zero attached hydrogens (tertiary/aromatic N) is 1. The highest BCUT2D eigenvalue weighted by Crippen LogP contribution is 2.49. The Labute approximate surface area is 123 Å². The van der Waals surface area contributed by atoms with Gasteiger partial charge in [-0.1, -0.05) is 0 Å². The first-order chi connectivity index (χ1) is 9.87. The monoisotopic (exact) mass is 298 g/mol. The molecule has 0 radical (unpaired) electrons. The van der Waals surface area contributed by atoms with E-state index in [1.165, 1.54) is 0 Å². The molecule has 2 nitrogen and oxygen atoms in total. The smallest absolute Gasteiger partial charge is 0.252 e. The molecular formula is C16H21F3N2. The standard InChI is InChI=1S/C16H21F3N2/c1-10-6-15(20)14(17)7-13(10)11-2-4-21(5-3-11)9-12-8-16(12,18)19/h6-7,11-12H,2-5,8-9,20H2,1H3. The maximum absolute atomic E-state index is 13.6. The summed E-state index contributed by atoms with van der Waals surface area (Å²) in [5.41, 5.74) is 7.79. The molecule has 5 heteroatoms. The van der Waals surface area contributed by atoms with Gasteiger partial charge in [-0.3, -0.25) is 0 Å². The summed E-state index contributed by atoms with van der Waals surface area (Å²) in [7, 11) is 0. The van der Waals surface area contributed by atoms with Crippen molar-refractivity contribution < 1.29 is 13.2 Å². The second-order valence-corrected chi connectivity index (χ2v) is 6.47. The SMILES string of the molecule is Cc1cc(N)c(F)cc1C1CCN(CC2CC2(F)F)CC1. The van der Waals surface area contributed by atoms with Crippen molar-refractivity contribution in [3.63, 3.8) is 0 Å². The van der Waals surface area contributed by atoms with Gasteiger partial charge >= 0.3 is 0 Å². The van der Waals surface area contributed by atoms with Gasteiger partial charge < -0.3 is 10.6 Å². The van der Waals surface area contributed by atoms with Crippen LogP contribution in [0.1, 0.15) is 36.3 Å². The molecular weight excluding hydrogens is 277 g/mol. The van der Waals surface area contributed by atoms with Crippen LogP contribution in [0.3, 0.4) is 0 Å². The van der Waals surface area contributed by atoms with Crippen LogP contribution in [-0.4, -0.2) is 30.5 Å². The van der Waals surface area contributed by atoms with Crippen molar-refractivity contribution in [3.8, 4) is 0 Å². The molecule has 21 heavy (non-hydrogen) atoms. The van der Waals surface area contributed by atoms with Gasteiger partial charge in [0.1, 0.15) is 5.82 Å². The lowest BCUT2D eigenvalue weighted by molar-refractivity contribution is 0.0831. The summed E-state index contributed by atoms with van der Waals surface area (Å²) in [5, 5.41) is 0. The number of likely N-dealkylation sites (tertiary alicyclic amines) is 1. The molecule has 1 unspecified atom stereocenters. The van der Waals surface area contributed by atoms with Gasteiger partial charge in [-0.05, 0) is 62.0 Å². The summed E-state index contributed by atoms with van der Waals surface area (Å²) in [6, 6.07) is 3.22. The molecule has 0 aromatic heterocycles. The summed E-state index contributed by atoms with van der Waals surface area (Å²) >= 11 is 0. The first kappa shape index (κ1) is 14.7. The number of anilines is 1. The van der Waals surface area contributed by atoms with Crippen molar-refractivity contribution in [2.75, 3.05) is 25.4 Å². The van der Waals surface area contributed by atoms with Crippen molar-refractivity contribution in [3.05, 3.63) is 29.1 Å². The number of alkyl halides is 2. The molecule has 1 aliphatic carbocycles.